The molecular formula is C23H32IN5O2S. The van der Waals surface area contributed by atoms with Gasteiger partial charge in [-0.1, -0.05) is 60.7 Å². The van der Waals surface area contributed by atoms with E-state index in [-0.39, 0.29) is 24.0 Å². The molecule has 2 N–H and O–H groups in total. The minimum atomic E-state index is -3.33. The number of piperazine rings is 1. The summed E-state index contributed by atoms with van der Waals surface area (Å²) in [4.78, 5) is 9.08. The largest absolute Gasteiger partial charge is 0.352 e. The van der Waals surface area contributed by atoms with Crippen LogP contribution in [0.2, 0.25) is 0 Å². The molecule has 3 rings (SSSR count). The summed E-state index contributed by atoms with van der Waals surface area (Å²) < 4.78 is 25.8. The molecule has 32 heavy (non-hydrogen) atoms. The second-order valence-electron chi connectivity index (χ2n) is 7.53. The van der Waals surface area contributed by atoms with E-state index in [4.69, 9.17) is 0 Å². The average Bonchev–Trinajstić information content (AvgIpc) is 2.76. The Kier molecular flexibility index (Phi) is 10.5. The molecule has 1 heterocycles. The molecule has 7 nitrogen and oxygen atoms in total. The van der Waals surface area contributed by atoms with Crippen LogP contribution < -0.4 is 10.0 Å². The predicted molar refractivity (Wildman–Crippen MR) is 144 cm³/mol. The summed E-state index contributed by atoms with van der Waals surface area (Å²) in [5.41, 5.74) is 2.68. The van der Waals surface area contributed by atoms with Crippen LogP contribution in [0.3, 0.4) is 0 Å². The lowest BCUT2D eigenvalue weighted by atomic mass is 10.2. The third kappa shape index (κ3) is 8.44. The summed E-state index contributed by atoms with van der Waals surface area (Å²) in [6.45, 7) is 5.13. The number of nitrogens with one attached hydrogen (secondary N) is 2. The minimum absolute atomic E-state index is 0. The Morgan fingerprint density at radius 3 is 2.34 bits per heavy atom. The predicted octanol–water partition coefficient (Wildman–Crippen LogP) is 3.08. The molecule has 1 aliphatic heterocycles. The van der Waals surface area contributed by atoms with Crippen LogP contribution in [0, 0.1) is 0 Å². The van der Waals surface area contributed by atoms with Gasteiger partial charge in [0.25, 0.3) is 0 Å². The van der Waals surface area contributed by atoms with Crippen molar-refractivity contribution in [2.75, 3.05) is 50.7 Å². The van der Waals surface area contributed by atoms with Crippen molar-refractivity contribution in [1.29, 1.82) is 0 Å². The van der Waals surface area contributed by atoms with Crippen molar-refractivity contribution in [2.24, 2.45) is 4.99 Å². The highest BCUT2D eigenvalue weighted by molar-refractivity contribution is 14.0. The summed E-state index contributed by atoms with van der Waals surface area (Å²) in [6.07, 6.45) is 5.53. The van der Waals surface area contributed by atoms with E-state index < -0.39 is 10.0 Å². The summed E-state index contributed by atoms with van der Waals surface area (Å²) in [6, 6.07) is 17.7. The van der Waals surface area contributed by atoms with E-state index in [2.05, 4.69) is 49.1 Å². The number of nitrogens with zero attached hydrogens (tertiary/aromatic N) is 3. The molecule has 0 bridgehead atoms. The molecule has 2 aromatic carbocycles. The normalized spacial score (nSPS) is 15.4. The van der Waals surface area contributed by atoms with Crippen molar-refractivity contribution in [3.8, 4) is 0 Å². The minimum Gasteiger partial charge on any atom is -0.352 e. The Morgan fingerprint density at radius 1 is 1.03 bits per heavy atom. The fourth-order valence-electron chi connectivity index (χ4n) is 3.52. The molecule has 2 aromatic rings. The standard InChI is InChI=1S/C23H31N5O2S.HI/c1-24-23(25-19-21-12-6-7-13-22(21)26-31(2,29)30)28-17-15-27(16-18-28)14-8-11-20-9-4-3-5-10-20;/h3-13,26H,14-19H2,1-2H3,(H,24,25);1H/b11-8+;. The second kappa shape index (κ2) is 12.8. The number of aliphatic imine (C=N–C) groups is 1. The quantitative estimate of drug-likeness (QED) is 0.305. The van der Waals surface area contributed by atoms with Crippen molar-refractivity contribution in [1.82, 2.24) is 15.1 Å². The molecular weight excluding hydrogens is 537 g/mol. The maximum absolute atomic E-state index is 11.6. The molecule has 9 heteroatoms. The van der Waals surface area contributed by atoms with Gasteiger partial charge in [-0.25, -0.2) is 8.42 Å². The molecule has 174 valence electrons. The Morgan fingerprint density at radius 2 is 1.69 bits per heavy atom. The van der Waals surface area contributed by atoms with Crippen molar-refractivity contribution in [2.45, 2.75) is 6.54 Å². The molecule has 0 saturated carbocycles. The summed E-state index contributed by atoms with van der Waals surface area (Å²) in [7, 11) is -1.55. The number of para-hydroxylation sites is 1. The van der Waals surface area contributed by atoms with Crippen LogP contribution >= 0.6 is 24.0 Å². The SMILES string of the molecule is CN=C(NCc1ccccc1NS(C)(=O)=O)N1CCN(C/C=C/c2ccccc2)CC1.I. The monoisotopic (exact) mass is 569 g/mol. The molecule has 1 aliphatic rings. The number of hydrogen-bond acceptors (Lipinski definition) is 4. The number of rotatable bonds is 7. The van der Waals surface area contributed by atoms with E-state index in [1.165, 1.54) is 5.56 Å². The zero-order valence-electron chi connectivity index (χ0n) is 18.6. The Balaban J connectivity index is 0.00000363. The van der Waals surface area contributed by atoms with Crippen LogP contribution in [0.15, 0.2) is 65.7 Å². The summed E-state index contributed by atoms with van der Waals surface area (Å²) >= 11 is 0. The van der Waals surface area contributed by atoms with E-state index in [1.807, 2.05) is 36.4 Å². The number of hydrogen-bond donors (Lipinski definition) is 2. The van der Waals surface area contributed by atoms with Gasteiger partial charge in [-0.2, -0.15) is 0 Å². The van der Waals surface area contributed by atoms with Crippen LogP contribution in [0.25, 0.3) is 6.08 Å². The highest BCUT2D eigenvalue weighted by Crippen LogP contribution is 2.16. The van der Waals surface area contributed by atoms with Crippen LogP contribution in [0.4, 0.5) is 5.69 Å². The smallest absolute Gasteiger partial charge is 0.229 e. The molecule has 0 atom stereocenters. The van der Waals surface area contributed by atoms with E-state index in [0.29, 0.717) is 12.2 Å². The van der Waals surface area contributed by atoms with Gasteiger partial charge in [0.2, 0.25) is 10.0 Å². The van der Waals surface area contributed by atoms with E-state index in [9.17, 15) is 8.42 Å². The van der Waals surface area contributed by atoms with Gasteiger partial charge in [-0.15, -0.1) is 24.0 Å². The first kappa shape index (κ1) is 26.1. The number of halogens is 1. The van der Waals surface area contributed by atoms with Crippen LogP contribution in [-0.2, 0) is 16.6 Å². The van der Waals surface area contributed by atoms with Crippen LogP contribution in [0.5, 0.6) is 0 Å². The third-order valence-corrected chi connectivity index (χ3v) is 5.70. The Labute approximate surface area is 208 Å². The number of guanidine groups is 1. The number of benzene rings is 2. The van der Waals surface area contributed by atoms with Gasteiger partial charge in [0.05, 0.1) is 11.9 Å². The average molecular weight is 570 g/mol. The first-order chi connectivity index (χ1) is 14.9. The number of sulfonamides is 1. The highest BCUT2D eigenvalue weighted by Gasteiger charge is 2.19. The van der Waals surface area contributed by atoms with Crippen molar-refractivity contribution in [3.05, 3.63) is 71.8 Å². The first-order valence-electron chi connectivity index (χ1n) is 10.4. The molecule has 0 amide bonds. The van der Waals surface area contributed by atoms with E-state index in [0.717, 1.165) is 50.5 Å². The summed E-state index contributed by atoms with van der Waals surface area (Å²) in [5, 5.41) is 3.37. The van der Waals surface area contributed by atoms with Gasteiger partial charge in [0.15, 0.2) is 5.96 Å². The lowest BCUT2D eigenvalue weighted by molar-refractivity contribution is 0.194. The van der Waals surface area contributed by atoms with E-state index in [1.54, 1.807) is 13.1 Å². The molecule has 0 aromatic heterocycles. The van der Waals surface area contributed by atoms with Crippen molar-refractivity contribution in [3.63, 3.8) is 0 Å². The molecule has 1 fully saturated rings. The number of anilines is 1. The molecule has 0 aliphatic carbocycles. The van der Waals surface area contributed by atoms with Gasteiger partial charge < -0.3 is 10.2 Å². The molecule has 0 spiro atoms. The Bertz CT molecular complexity index is 1000. The van der Waals surface area contributed by atoms with E-state index >= 15 is 0 Å². The Hall–Kier alpha value is -2.11. The van der Waals surface area contributed by atoms with Crippen molar-refractivity contribution >= 4 is 51.7 Å². The maximum atomic E-state index is 11.6. The van der Waals surface area contributed by atoms with Gasteiger partial charge in [0.1, 0.15) is 0 Å². The summed E-state index contributed by atoms with van der Waals surface area (Å²) in [5.74, 6) is 0.827. The maximum Gasteiger partial charge on any atom is 0.229 e. The third-order valence-electron chi connectivity index (χ3n) is 5.11. The van der Waals surface area contributed by atoms with Crippen LogP contribution in [0.1, 0.15) is 11.1 Å². The van der Waals surface area contributed by atoms with Gasteiger partial charge in [-0.05, 0) is 17.2 Å². The van der Waals surface area contributed by atoms with Gasteiger partial charge >= 0.3 is 0 Å². The van der Waals surface area contributed by atoms with Gasteiger partial charge in [0, 0.05) is 46.3 Å². The fourth-order valence-corrected chi connectivity index (χ4v) is 4.12. The zero-order valence-corrected chi connectivity index (χ0v) is 21.7. The molecule has 0 unspecified atom stereocenters. The fraction of sp³-hybridized carbons (Fsp3) is 0.348. The lowest BCUT2D eigenvalue weighted by Gasteiger charge is -2.36. The highest BCUT2D eigenvalue weighted by atomic mass is 127. The van der Waals surface area contributed by atoms with Gasteiger partial charge in [-0.3, -0.25) is 14.6 Å². The molecule has 0 radical (unpaired) electrons. The van der Waals surface area contributed by atoms with Crippen LogP contribution in [-0.4, -0.2) is 70.2 Å². The molecule has 1 saturated heterocycles. The second-order valence-corrected chi connectivity index (χ2v) is 9.28. The van der Waals surface area contributed by atoms with Crippen molar-refractivity contribution < 1.29 is 8.42 Å². The first-order valence-corrected chi connectivity index (χ1v) is 12.3. The lowest BCUT2D eigenvalue weighted by Crippen LogP contribution is -2.52. The topological polar surface area (TPSA) is 77.0 Å². The zero-order chi connectivity index (χ0) is 22.1.